The highest BCUT2D eigenvalue weighted by molar-refractivity contribution is 5.33. The van der Waals surface area contributed by atoms with Crippen LogP contribution in [0.4, 0.5) is 5.82 Å². The van der Waals surface area contributed by atoms with Crippen molar-refractivity contribution in [2.75, 3.05) is 5.32 Å². The van der Waals surface area contributed by atoms with E-state index in [2.05, 4.69) is 17.2 Å². The van der Waals surface area contributed by atoms with Crippen LogP contribution < -0.4 is 16.6 Å². The number of aromatic amines is 1. The van der Waals surface area contributed by atoms with Crippen molar-refractivity contribution in [2.45, 2.75) is 84.2 Å². The van der Waals surface area contributed by atoms with E-state index in [4.69, 9.17) is 0 Å². The Bertz CT molecular complexity index is 749. The molecule has 0 unspecified atom stereocenters. The van der Waals surface area contributed by atoms with Crippen LogP contribution in [0.1, 0.15) is 76.7 Å². The lowest BCUT2D eigenvalue weighted by Crippen LogP contribution is -2.35. The third-order valence-electron chi connectivity index (χ3n) is 5.08. The number of anilines is 1. The van der Waals surface area contributed by atoms with E-state index in [1.807, 2.05) is 30.3 Å². The van der Waals surface area contributed by atoms with Crippen molar-refractivity contribution in [3.05, 3.63) is 62.8 Å². The number of hydrogen-bond donors (Lipinski definition) is 2. The number of H-pyrrole nitrogens is 1. The number of hydrogen-bond acceptors (Lipinski definition) is 3. The lowest BCUT2D eigenvalue weighted by Gasteiger charge is -2.09. The standard InChI is InChI=1S/C23H35N3O2/c1-2-3-4-5-6-7-8-9-10-14-17-26-22(27)18-21(25-23(26)28)24-19-20-15-12-11-13-16-20/h11-13,15-16,18,24H,2-10,14,17,19H2,1H3,(H,25,28). The van der Waals surface area contributed by atoms with Gasteiger partial charge < -0.3 is 5.32 Å². The summed E-state index contributed by atoms with van der Waals surface area (Å²) in [6.45, 7) is 3.30. The molecule has 0 aliphatic heterocycles. The van der Waals surface area contributed by atoms with Gasteiger partial charge in [-0.3, -0.25) is 14.3 Å². The highest BCUT2D eigenvalue weighted by Gasteiger charge is 2.04. The topological polar surface area (TPSA) is 66.9 Å². The van der Waals surface area contributed by atoms with Crippen molar-refractivity contribution in [1.82, 2.24) is 9.55 Å². The van der Waals surface area contributed by atoms with Gasteiger partial charge in [-0.25, -0.2) is 4.79 Å². The van der Waals surface area contributed by atoms with Gasteiger partial charge in [-0.2, -0.15) is 0 Å². The monoisotopic (exact) mass is 385 g/mol. The highest BCUT2D eigenvalue weighted by Crippen LogP contribution is 2.10. The summed E-state index contributed by atoms with van der Waals surface area (Å²) in [4.78, 5) is 27.3. The van der Waals surface area contributed by atoms with Gasteiger partial charge in [-0.05, 0) is 12.0 Å². The zero-order valence-corrected chi connectivity index (χ0v) is 17.2. The Morgan fingerprint density at radius 2 is 1.46 bits per heavy atom. The minimum Gasteiger partial charge on any atom is -0.367 e. The second kappa shape index (κ2) is 13.0. The number of aromatic nitrogens is 2. The van der Waals surface area contributed by atoms with Crippen molar-refractivity contribution >= 4 is 5.82 Å². The summed E-state index contributed by atoms with van der Waals surface area (Å²) in [5.41, 5.74) is 0.520. The van der Waals surface area contributed by atoms with Crippen LogP contribution in [0, 0.1) is 0 Å². The Morgan fingerprint density at radius 3 is 2.07 bits per heavy atom. The van der Waals surface area contributed by atoms with E-state index in [-0.39, 0.29) is 11.2 Å². The summed E-state index contributed by atoms with van der Waals surface area (Å²) >= 11 is 0. The van der Waals surface area contributed by atoms with Crippen molar-refractivity contribution in [3.63, 3.8) is 0 Å². The van der Waals surface area contributed by atoms with Crippen LogP contribution in [-0.2, 0) is 13.1 Å². The zero-order chi connectivity index (χ0) is 20.0. The fourth-order valence-electron chi connectivity index (χ4n) is 3.38. The van der Waals surface area contributed by atoms with E-state index in [0.29, 0.717) is 18.9 Å². The number of rotatable bonds is 14. The maximum absolute atomic E-state index is 12.3. The third kappa shape index (κ3) is 8.15. The van der Waals surface area contributed by atoms with Gasteiger partial charge in [0.25, 0.3) is 5.56 Å². The van der Waals surface area contributed by atoms with Gasteiger partial charge in [-0.1, -0.05) is 95.0 Å². The normalized spacial score (nSPS) is 10.9. The van der Waals surface area contributed by atoms with Crippen molar-refractivity contribution in [2.24, 2.45) is 0 Å². The molecule has 0 atom stereocenters. The molecule has 1 aromatic carbocycles. The van der Waals surface area contributed by atoms with Crippen LogP contribution >= 0.6 is 0 Å². The first-order valence-corrected chi connectivity index (χ1v) is 10.8. The first kappa shape index (κ1) is 22.0. The molecule has 154 valence electrons. The van der Waals surface area contributed by atoms with E-state index < -0.39 is 0 Å². The number of benzene rings is 1. The highest BCUT2D eigenvalue weighted by atomic mass is 16.2. The predicted octanol–water partition coefficient (Wildman–Crippen LogP) is 5.07. The van der Waals surface area contributed by atoms with Crippen LogP contribution in [-0.4, -0.2) is 9.55 Å². The second-order valence-corrected chi connectivity index (χ2v) is 7.50. The smallest absolute Gasteiger partial charge is 0.329 e. The molecule has 1 aromatic heterocycles. The quantitative estimate of drug-likeness (QED) is 0.446. The van der Waals surface area contributed by atoms with Crippen molar-refractivity contribution < 1.29 is 0 Å². The molecule has 0 aliphatic rings. The molecule has 0 bridgehead atoms. The van der Waals surface area contributed by atoms with Gasteiger partial charge in [0.05, 0.1) is 0 Å². The summed E-state index contributed by atoms with van der Waals surface area (Å²) in [5, 5.41) is 3.11. The van der Waals surface area contributed by atoms with Crippen LogP contribution in [0.3, 0.4) is 0 Å². The molecule has 0 fully saturated rings. The lowest BCUT2D eigenvalue weighted by molar-refractivity contribution is 0.521. The first-order valence-electron chi connectivity index (χ1n) is 10.8. The summed E-state index contributed by atoms with van der Waals surface area (Å²) in [6.07, 6.45) is 12.3. The van der Waals surface area contributed by atoms with Crippen LogP contribution in [0.15, 0.2) is 46.0 Å². The zero-order valence-electron chi connectivity index (χ0n) is 17.2. The van der Waals surface area contributed by atoms with Crippen molar-refractivity contribution in [3.8, 4) is 0 Å². The largest absolute Gasteiger partial charge is 0.367 e. The molecule has 5 heteroatoms. The molecule has 28 heavy (non-hydrogen) atoms. The minimum absolute atomic E-state index is 0.241. The van der Waals surface area contributed by atoms with Gasteiger partial charge in [0.15, 0.2) is 0 Å². The second-order valence-electron chi connectivity index (χ2n) is 7.50. The van der Waals surface area contributed by atoms with Gasteiger partial charge in [0, 0.05) is 19.2 Å². The Hall–Kier alpha value is -2.30. The first-order chi connectivity index (χ1) is 13.7. The van der Waals surface area contributed by atoms with Gasteiger partial charge in [0.2, 0.25) is 0 Å². The summed E-state index contributed by atoms with van der Waals surface area (Å²) in [5.74, 6) is 0.471. The molecule has 2 rings (SSSR count). The van der Waals surface area contributed by atoms with E-state index in [1.165, 1.54) is 62.0 Å². The van der Waals surface area contributed by atoms with Crippen LogP contribution in [0.25, 0.3) is 0 Å². The van der Waals surface area contributed by atoms with Gasteiger partial charge in [-0.15, -0.1) is 0 Å². The SMILES string of the molecule is CCCCCCCCCCCCn1c(=O)cc(NCc2ccccc2)[nH]c1=O. The summed E-state index contributed by atoms with van der Waals surface area (Å²) < 4.78 is 1.30. The van der Waals surface area contributed by atoms with E-state index >= 15 is 0 Å². The fraction of sp³-hybridized carbons (Fsp3) is 0.565. The van der Waals surface area contributed by atoms with Gasteiger partial charge in [0.1, 0.15) is 5.82 Å². The Balaban J connectivity index is 1.68. The van der Waals surface area contributed by atoms with Gasteiger partial charge >= 0.3 is 5.69 Å². The number of unbranched alkanes of at least 4 members (excludes halogenated alkanes) is 9. The maximum atomic E-state index is 12.3. The molecule has 0 saturated heterocycles. The number of nitrogens with zero attached hydrogens (tertiary/aromatic N) is 1. The maximum Gasteiger partial charge on any atom is 0.329 e. The molecule has 0 spiro atoms. The van der Waals surface area contributed by atoms with E-state index in [0.717, 1.165) is 18.4 Å². The summed E-state index contributed by atoms with van der Waals surface area (Å²) in [6, 6.07) is 11.4. The molecule has 0 aliphatic carbocycles. The van der Waals surface area contributed by atoms with Crippen LogP contribution in [0.5, 0.6) is 0 Å². The predicted molar refractivity (Wildman–Crippen MR) is 117 cm³/mol. The number of nitrogens with one attached hydrogen (secondary N) is 2. The van der Waals surface area contributed by atoms with E-state index in [9.17, 15) is 9.59 Å². The molecular formula is C23H35N3O2. The molecule has 2 aromatic rings. The average Bonchev–Trinajstić information content (AvgIpc) is 2.70. The lowest BCUT2D eigenvalue weighted by atomic mass is 10.1. The molecule has 0 radical (unpaired) electrons. The molecule has 2 N–H and O–H groups in total. The molecular weight excluding hydrogens is 350 g/mol. The Labute approximate surface area is 168 Å². The third-order valence-corrected chi connectivity index (χ3v) is 5.08. The fourth-order valence-corrected chi connectivity index (χ4v) is 3.38. The van der Waals surface area contributed by atoms with E-state index in [1.54, 1.807) is 0 Å². The Morgan fingerprint density at radius 1 is 0.857 bits per heavy atom. The summed E-state index contributed by atoms with van der Waals surface area (Å²) in [7, 11) is 0. The Kier molecular flexibility index (Phi) is 10.2. The molecule has 5 nitrogen and oxygen atoms in total. The molecule has 1 heterocycles. The average molecular weight is 386 g/mol. The molecule has 0 saturated carbocycles. The minimum atomic E-state index is -0.334. The van der Waals surface area contributed by atoms with Crippen molar-refractivity contribution in [1.29, 1.82) is 0 Å². The molecule has 0 amide bonds. The van der Waals surface area contributed by atoms with Crippen LogP contribution in [0.2, 0.25) is 0 Å².